The minimum atomic E-state index is -0.445. The second-order valence-corrected chi connectivity index (χ2v) is 5.72. The van der Waals surface area contributed by atoms with E-state index < -0.39 is 6.04 Å². The summed E-state index contributed by atoms with van der Waals surface area (Å²) in [5, 5.41) is 12.8. The zero-order valence-corrected chi connectivity index (χ0v) is 12.5. The van der Waals surface area contributed by atoms with Gasteiger partial charge in [0.15, 0.2) is 0 Å². The predicted molar refractivity (Wildman–Crippen MR) is 82.5 cm³/mol. The van der Waals surface area contributed by atoms with Crippen molar-refractivity contribution in [2.24, 2.45) is 5.73 Å². The molecule has 0 aliphatic carbocycles. The lowest BCUT2D eigenvalue weighted by Crippen LogP contribution is -2.45. The number of aliphatic hydroxyl groups excluding tert-OH is 1. The summed E-state index contributed by atoms with van der Waals surface area (Å²) in [5.41, 5.74) is 6.93. The van der Waals surface area contributed by atoms with Crippen molar-refractivity contribution in [3.63, 3.8) is 0 Å². The maximum absolute atomic E-state index is 11.8. The SMILES string of the molecule is CC[C@H](N)C(=O)NC[C@@H]1C[C@H](O)CN1Cc1ccccc1. The number of likely N-dealkylation sites (tertiary alicyclic amines) is 1. The van der Waals surface area contributed by atoms with E-state index in [9.17, 15) is 9.90 Å². The molecule has 1 amide bonds. The van der Waals surface area contributed by atoms with Crippen LogP contribution in [0.4, 0.5) is 0 Å². The van der Waals surface area contributed by atoms with Crippen LogP contribution in [0, 0.1) is 0 Å². The van der Waals surface area contributed by atoms with Gasteiger partial charge >= 0.3 is 0 Å². The number of amides is 1. The van der Waals surface area contributed by atoms with Crippen molar-refractivity contribution in [1.29, 1.82) is 0 Å². The summed E-state index contributed by atoms with van der Waals surface area (Å²) < 4.78 is 0. The largest absolute Gasteiger partial charge is 0.392 e. The van der Waals surface area contributed by atoms with E-state index in [1.807, 2.05) is 25.1 Å². The minimum absolute atomic E-state index is 0.112. The molecule has 4 N–H and O–H groups in total. The zero-order valence-electron chi connectivity index (χ0n) is 12.5. The smallest absolute Gasteiger partial charge is 0.236 e. The molecule has 1 aromatic rings. The van der Waals surface area contributed by atoms with Gasteiger partial charge in [0.05, 0.1) is 12.1 Å². The van der Waals surface area contributed by atoms with Crippen LogP contribution in [-0.2, 0) is 11.3 Å². The first-order chi connectivity index (χ1) is 10.1. The Hall–Kier alpha value is -1.43. The number of carbonyl (C=O) groups excluding carboxylic acids is 1. The number of β-amino-alcohol motifs (C(OH)–C–C–N with tert-alkyl or cyclic N) is 1. The van der Waals surface area contributed by atoms with Crippen molar-refractivity contribution in [3.8, 4) is 0 Å². The van der Waals surface area contributed by atoms with E-state index in [0.717, 1.165) is 6.54 Å². The molecule has 1 fully saturated rings. The van der Waals surface area contributed by atoms with E-state index in [-0.39, 0.29) is 18.1 Å². The Kier molecular flexibility index (Phi) is 5.73. The Labute approximate surface area is 126 Å². The number of nitrogens with zero attached hydrogens (tertiary/aromatic N) is 1. The number of hydrogen-bond acceptors (Lipinski definition) is 4. The summed E-state index contributed by atoms with van der Waals surface area (Å²) in [6.07, 6.45) is 0.997. The number of nitrogens with one attached hydrogen (secondary N) is 1. The van der Waals surface area contributed by atoms with E-state index in [1.54, 1.807) is 0 Å². The fourth-order valence-electron chi connectivity index (χ4n) is 2.72. The topological polar surface area (TPSA) is 78.6 Å². The van der Waals surface area contributed by atoms with Crippen molar-refractivity contribution in [2.75, 3.05) is 13.1 Å². The molecule has 3 atom stereocenters. The normalized spacial score (nSPS) is 24.0. The lowest BCUT2D eigenvalue weighted by atomic mass is 10.1. The molecule has 116 valence electrons. The van der Waals surface area contributed by atoms with Gasteiger partial charge in [-0.3, -0.25) is 9.69 Å². The van der Waals surface area contributed by atoms with Crippen LogP contribution >= 0.6 is 0 Å². The van der Waals surface area contributed by atoms with Gasteiger partial charge < -0.3 is 16.2 Å². The number of rotatable bonds is 6. The summed E-state index contributed by atoms with van der Waals surface area (Å²) in [7, 11) is 0. The first kappa shape index (κ1) is 15.9. The summed E-state index contributed by atoms with van der Waals surface area (Å²) >= 11 is 0. The van der Waals surface area contributed by atoms with Crippen molar-refractivity contribution in [2.45, 2.75) is 44.5 Å². The highest BCUT2D eigenvalue weighted by Crippen LogP contribution is 2.20. The monoisotopic (exact) mass is 291 g/mol. The van der Waals surface area contributed by atoms with Crippen LogP contribution in [0.15, 0.2) is 30.3 Å². The molecular weight excluding hydrogens is 266 g/mol. The molecule has 1 aliphatic rings. The van der Waals surface area contributed by atoms with Crippen molar-refractivity contribution in [3.05, 3.63) is 35.9 Å². The van der Waals surface area contributed by atoms with Crippen LogP contribution in [0.3, 0.4) is 0 Å². The highest BCUT2D eigenvalue weighted by Gasteiger charge is 2.31. The molecule has 1 aliphatic heterocycles. The molecule has 0 saturated carbocycles. The third kappa shape index (κ3) is 4.52. The first-order valence-corrected chi connectivity index (χ1v) is 7.59. The van der Waals surface area contributed by atoms with Crippen LogP contribution < -0.4 is 11.1 Å². The van der Waals surface area contributed by atoms with E-state index in [1.165, 1.54) is 5.56 Å². The standard InChI is InChI=1S/C16H25N3O2/c1-2-15(17)16(21)18-9-13-8-14(20)11-19(13)10-12-6-4-3-5-7-12/h3-7,13-15,20H,2,8-11,17H2,1H3,(H,18,21)/t13-,14-,15-/m0/s1. The molecule has 1 saturated heterocycles. The molecule has 2 rings (SSSR count). The number of hydrogen-bond donors (Lipinski definition) is 3. The van der Waals surface area contributed by atoms with Gasteiger partial charge in [-0.05, 0) is 18.4 Å². The molecule has 0 spiro atoms. The quantitative estimate of drug-likeness (QED) is 0.712. The summed E-state index contributed by atoms with van der Waals surface area (Å²) in [6, 6.07) is 9.89. The van der Waals surface area contributed by atoms with Crippen molar-refractivity contribution >= 4 is 5.91 Å². The van der Waals surface area contributed by atoms with E-state index in [2.05, 4.69) is 22.3 Å². The predicted octanol–water partition coefficient (Wildman–Crippen LogP) is 0.475. The number of benzene rings is 1. The maximum atomic E-state index is 11.8. The number of carbonyl (C=O) groups is 1. The summed E-state index contributed by atoms with van der Waals surface area (Å²) in [6.45, 7) is 3.87. The van der Waals surface area contributed by atoms with Crippen LogP contribution in [0.2, 0.25) is 0 Å². The second kappa shape index (κ2) is 7.54. The molecule has 5 heteroatoms. The van der Waals surface area contributed by atoms with Gasteiger partial charge in [-0.25, -0.2) is 0 Å². The van der Waals surface area contributed by atoms with E-state index in [4.69, 9.17) is 5.73 Å². The van der Waals surface area contributed by atoms with Crippen LogP contribution in [-0.4, -0.2) is 47.2 Å². The van der Waals surface area contributed by atoms with Crippen LogP contribution in [0.1, 0.15) is 25.3 Å². The summed E-state index contributed by atoms with van der Waals surface area (Å²) in [4.78, 5) is 14.0. The highest BCUT2D eigenvalue weighted by atomic mass is 16.3. The average molecular weight is 291 g/mol. The lowest BCUT2D eigenvalue weighted by Gasteiger charge is -2.25. The minimum Gasteiger partial charge on any atom is -0.392 e. The Morgan fingerprint density at radius 2 is 2.19 bits per heavy atom. The zero-order chi connectivity index (χ0) is 15.2. The number of nitrogens with two attached hydrogens (primary N) is 1. The maximum Gasteiger partial charge on any atom is 0.236 e. The molecule has 0 radical (unpaired) electrons. The second-order valence-electron chi connectivity index (χ2n) is 5.72. The highest BCUT2D eigenvalue weighted by molar-refractivity contribution is 5.81. The molecule has 0 aromatic heterocycles. The van der Waals surface area contributed by atoms with Gasteiger partial charge in [-0.2, -0.15) is 0 Å². The Balaban J connectivity index is 1.89. The van der Waals surface area contributed by atoms with Crippen molar-refractivity contribution in [1.82, 2.24) is 10.2 Å². The third-order valence-electron chi connectivity index (χ3n) is 4.02. The molecule has 1 heterocycles. The fraction of sp³-hybridized carbons (Fsp3) is 0.562. The van der Waals surface area contributed by atoms with E-state index >= 15 is 0 Å². The Morgan fingerprint density at radius 3 is 2.86 bits per heavy atom. The Morgan fingerprint density at radius 1 is 1.48 bits per heavy atom. The average Bonchev–Trinajstić information content (AvgIpc) is 2.84. The molecule has 21 heavy (non-hydrogen) atoms. The first-order valence-electron chi connectivity index (χ1n) is 7.59. The van der Waals surface area contributed by atoms with Crippen LogP contribution in [0.5, 0.6) is 0 Å². The van der Waals surface area contributed by atoms with Gasteiger partial charge in [-0.1, -0.05) is 37.3 Å². The lowest BCUT2D eigenvalue weighted by molar-refractivity contribution is -0.122. The van der Waals surface area contributed by atoms with Gasteiger partial charge in [0.1, 0.15) is 0 Å². The molecule has 0 unspecified atom stereocenters. The van der Waals surface area contributed by atoms with Gasteiger partial charge in [0.25, 0.3) is 0 Å². The molecular formula is C16H25N3O2. The molecule has 5 nitrogen and oxygen atoms in total. The summed E-state index contributed by atoms with van der Waals surface area (Å²) in [5.74, 6) is -0.112. The number of aliphatic hydroxyl groups is 1. The Bertz CT molecular complexity index is 452. The van der Waals surface area contributed by atoms with E-state index in [0.29, 0.717) is 25.9 Å². The molecule has 0 bridgehead atoms. The molecule has 1 aromatic carbocycles. The van der Waals surface area contributed by atoms with Crippen LogP contribution in [0.25, 0.3) is 0 Å². The van der Waals surface area contributed by atoms with Gasteiger partial charge in [0.2, 0.25) is 5.91 Å². The fourth-order valence-corrected chi connectivity index (χ4v) is 2.72. The van der Waals surface area contributed by atoms with Gasteiger partial charge in [-0.15, -0.1) is 0 Å². The van der Waals surface area contributed by atoms with Crippen molar-refractivity contribution < 1.29 is 9.90 Å². The van der Waals surface area contributed by atoms with Gasteiger partial charge in [0, 0.05) is 25.7 Å². The third-order valence-corrected chi connectivity index (χ3v) is 4.02.